The maximum Gasteiger partial charge on any atom is 0.345 e. The Morgan fingerprint density at radius 1 is 1.22 bits per heavy atom. The van der Waals surface area contributed by atoms with E-state index in [2.05, 4.69) is 25.2 Å². The molecule has 3 fully saturated rings. The van der Waals surface area contributed by atoms with Crippen molar-refractivity contribution in [2.45, 2.75) is 71.3 Å². The van der Waals surface area contributed by atoms with Crippen LogP contribution in [0.1, 0.15) is 65.2 Å². The Labute approximate surface area is 220 Å². The molecule has 0 saturated carbocycles. The molecule has 4 heterocycles. The largest absolute Gasteiger partial charge is 0.478 e. The summed E-state index contributed by atoms with van der Waals surface area (Å²) in [6, 6.07) is 1.90. The van der Waals surface area contributed by atoms with Crippen LogP contribution in [-0.2, 0) is 4.79 Å². The molecule has 37 heavy (non-hydrogen) atoms. The minimum Gasteiger partial charge on any atom is -0.478 e. The van der Waals surface area contributed by atoms with E-state index < -0.39 is 0 Å². The number of carbonyl (C=O) groups is 2. The van der Waals surface area contributed by atoms with Gasteiger partial charge in [-0.25, -0.2) is 14.8 Å². The molecule has 4 rings (SSSR count). The fraction of sp³-hybridized carbons (Fsp3) is 0.731. The van der Waals surface area contributed by atoms with Gasteiger partial charge in [-0.2, -0.15) is 4.99 Å². The van der Waals surface area contributed by atoms with Crippen LogP contribution in [0.5, 0.6) is 5.88 Å². The van der Waals surface area contributed by atoms with Gasteiger partial charge in [-0.3, -0.25) is 4.79 Å². The minimum atomic E-state index is -0.207. The number of urea groups is 1. The topological polar surface area (TPSA) is 152 Å². The van der Waals surface area contributed by atoms with Crippen LogP contribution >= 0.6 is 0 Å². The molecular formula is C26H44N8O3. The first-order valence-electron chi connectivity index (χ1n) is 13.7. The molecule has 3 aliphatic rings. The molecule has 11 nitrogen and oxygen atoms in total. The highest BCUT2D eigenvalue weighted by Gasteiger charge is 2.23. The Hall–Kier alpha value is -2.95. The molecule has 0 radical (unpaired) electrons. The fourth-order valence-electron chi connectivity index (χ4n) is 4.58. The van der Waals surface area contributed by atoms with E-state index in [1.165, 1.54) is 0 Å². The van der Waals surface area contributed by atoms with Crippen molar-refractivity contribution in [3.8, 4) is 5.88 Å². The number of nitrogens with zero attached hydrogens (tertiary/aromatic N) is 5. The van der Waals surface area contributed by atoms with Crippen molar-refractivity contribution in [3.63, 3.8) is 0 Å². The van der Waals surface area contributed by atoms with E-state index in [9.17, 15) is 9.59 Å². The monoisotopic (exact) mass is 516 g/mol. The summed E-state index contributed by atoms with van der Waals surface area (Å²) in [7, 11) is 0. The van der Waals surface area contributed by atoms with Gasteiger partial charge < -0.3 is 31.3 Å². The zero-order chi connectivity index (χ0) is 26.6. The molecule has 5 N–H and O–H groups in total. The second-order valence-corrected chi connectivity index (χ2v) is 10.4. The number of hydrogen-bond donors (Lipinski definition) is 3. The summed E-state index contributed by atoms with van der Waals surface area (Å²) in [5.74, 6) is 2.81. The second kappa shape index (κ2) is 14.7. The van der Waals surface area contributed by atoms with Crippen molar-refractivity contribution in [1.29, 1.82) is 0 Å². The number of hydrogen-bond acceptors (Lipinski definition) is 7. The van der Waals surface area contributed by atoms with Gasteiger partial charge in [0, 0.05) is 57.2 Å². The van der Waals surface area contributed by atoms with E-state index in [0.717, 1.165) is 89.9 Å². The molecule has 0 aliphatic carbocycles. The Kier molecular flexibility index (Phi) is 11.4. The summed E-state index contributed by atoms with van der Waals surface area (Å²) < 4.78 is 5.84. The normalized spacial score (nSPS) is 20.9. The number of aromatic nitrogens is 2. The van der Waals surface area contributed by atoms with Gasteiger partial charge in [0.1, 0.15) is 18.0 Å². The number of nitrogens with one attached hydrogen (secondary N) is 1. The van der Waals surface area contributed by atoms with Crippen LogP contribution in [0.25, 0.3) is 0 Å². The summed E-state index contributed by atoms with van der Waals surface area (Å²) in [4.78, 5) is 39.1. The zero-order valence-corrected chi connectivity index (χ0v) is 22.4. The Bertz CT molecular complexity index is 894. The predicted octanol–water partition coefficient (Wildman–Crippen LogP) is 2.30. The van der Waals surface area contributed by atoms with Gasteiger partial charge in [0.25, 0.3) is 0 Å². The number of nitrogens with two attached hydrogens (primary N) is 2. The highest BCUT2D eigenvalue weighted by molar-refractivity contribution is 5.93. The first kappa shape index (κ1) is 28.6. The molecule has 1 aromatic heterocycles. The van der Waals surface area contributed by atoms with Gasteiger partial charge >= 0.3 is 6.03 Å². The van der Waals surface area contributed by atoms with E-state index >= 15 is 0 Å². The smallest absolute Gasteiger partial charge is 0.345 e. The summed E-state index contributed by atoms with van der Waals surface area (Å²) >= 11 is 0. The van der Waals surface area contributed by atoms with Gasteiger partial charge in [-0.15, -0.1) is 0 Å². The molecule has 3 aliphatic heterocycles. The zero-order valence-electron chi connectivity index (χ0n) is 22.4. The number of likely N-dealkylation sites (tertiary alicyclic amines) is 1. The molecule has 1 atom stereocenters. The second-order valence-electron chi connectivity index (χ2n) is 10.4. The van der Waals surface area contributed by atoms with Crippen LogP contribution in [-0.4, -0.2) is 78.0 Å². The molecular weight excluding hydrogens is 472 g/mol. The molecule has 0 bridgehead atoms. The summed E-state index contributed by atoms with van der Waals surface area (Å²) in [6.45, 7) is 8.62. The van der Waals surface area contributed by atoms with Crippen LogP contribution in [0, 0.1) is 11.8 Å². The lowest BCUT2D eigenvalue weighted by molar-refractivity contribution is -0.122. The van der Waals surface area contributed by atoms with E-state index in [0.29, 0.717) is 24.2 Å². The van der Waals surface area contributed by atoms with Crippen molar-refractivity contribution in [2.75, 3.05) is 44.2 Å². The van der Waals surface area contributed by atoms with Crippen molar-refractivity contribution in [1.82, 2.24) is 20.2 Å². The number of amides is 3. The molecule has 0 aromatic carbocycles. The van der Waals surface area contributed by atoms with E-state index in [4.69, 9.17) is 16.2 Å². The van der Waals surface area contributed by atoms with Gasteiger partial charge in [0.15, 0.2) is 0 Å². The van der Waals surface area contributed by atoms with Gasteiger partial charge in [-0.1, -0.05) is 13.8 Å². The van der Waals surface area contributed by atoms with Crippen molar-refractivity contribution >= 4 is 23.6 Å². The average molecular weight is 517 g/mol. The summed E-state index contributed by atoms with van der Waals surface area (Å²) in [6.07, 6.45) is 9.55. The average Bonchev–Trinajstić information content (AvgIpc) is 3.34. The first-order valence-corrected chi connectivity index (χ1v) is 13.7. The molecule has 3 amide bonds. The molecule has 11 heteroatoms. The lowest BCUT2D eigenvalue weighted by atomic mass is 9.92. The lowest BCUT2D eigenvalue weighted by Gasteiger charge is -2.30. The Morgan fingerprint density at radius 3 is 2.59 bits per heavy atom. The van der Waals surface area contributed by atoms with Crippen LogP contribution in [0.4, 0.5) is 10.6 Å². The first-order chi connectivity index (χ1) is 17.8. The van der Waals surface area contributed by atoms with E-state index in [1.807, 2.05) is 19.9 Å². The molecule has 206 valence electrons. The fourth-order valence-corrected chi connectivity index (χ4v) is 4.58. The lowest BCUT2D eigenvalue weighted by Crippen LogP contribution is -2.38. The quantitative estimate of drug-likeness (QED) is 0.284. The van der Waals surface area contributed by atoms with E-state index in [1.54, 1.807) is 11.2 Å². The predicted molar refractivity (Wildman–Crippen MR) is 145 cm³/mol. The third-order valence-corrected chi connectivity index (χ3v) is 7.04. The Balaban J connectivity index is 0.000000468. The standard InChI is InChI=1S/C21H35N7O2.C5H9NO/c1-15(2)20(23)26-21(29)27-8-5-16(6-9-27)4-3-11-30-19-12-18(24-14-25-19)28-10-7-17(22)13-28;7-5-3-1-2-4-6-5/h12,14-17H,3-11,13,22H2,1-2H3,(H2,23,26,29);1-4H2,(H,6,7). The van der Waals surface area contributed by atoms with Crippen LogP contribution in [0.2, 0.25) is 0 Å². The summed E-state index contributed by atoms with van der Waals surface area (Å²) in [5, 5.41) is 2.74. The van der Waals surface area contributed by atoms with Crippen molar-refractivity contribution < 1.29 is 14.3 Å². The molecule has 3 saturated heterocycles. The number of amidine groups is 1. The number of aliphatic imine (C=N–C) groups is 1. The third-order valence-electron chi connectivity index (χ3n) is 7.04. The SMILES string of the molecule is CC(C)/C(N)=N/C(=O)N1CCC(CCCOc2cc(N3CCC(N)C3)ncn2)CC1.O=C1CCCCN1. The maximum absolute atomic E-state index is 12.2. The van der Waals surface area contributed by atoms with E-state index in [-0.39, 0.29) is 23.9 Å². The number of rotatable bonds is 7. The minimum absolute atomic E-state index is 0.0883. The summed E-state index contributed by atoms with van der Waals surface area (Å²) in [5.41, 5.74) is 11.8. The van der Waals surface area contributed by atoms with Crippen LogP contribution < -0.4 is 26.4 Å². The van der Waals surface area contributed by atoms with Crippen LogP contribution in [0.15, 0.2) is 17.4 Å². The molecule has 1 aromatic rings. The van der Waals surface area contributed by atoms with Crippen LogP contribution in [0.3, 0.4) is 0 Å². The molecule has 0 spiro atoms. The highest BCUT2D eigenvalue weighted by atomic mass is 16.5. The maximum atomic E-state index is 12.2. The van der Waals surface area contributed by atoms with Gasteiger partial charge in [0.05, 0.1) is 6.61 Å². The van der Waals surface area contributed by atoms with Crippen molar-refractivity contribution in [3.05, 3.63) is 12.4 Å². The van der Waals surface area contributed by atoms with Gasteiger partial charge in [-0.05, 0) is 50.9 Å². The number of anilines is 1. The molecule has 1 unspecified atom stereocenters. The van der Waals surface area contributed by atoms with Gasteiger partial charge in [0.2, 0.25) is 11.8 Å². The van der Waals surface area contributed by atoms with Crippen molar-refractivity contribution in [2.24, 2.45) is 28.3 Å². The highest BCUT2D eigenvalue weighted by Crippen LogP contribution is 2.23. The third kappa shape index (κ3) is 9.79. The number of ether oxygens (including phenoxy) is 1. The number of carbonyl (C=O) groups excluding carboxylic acids is 2. The number of piperidine rings is 2. The Morgan fingerprint density at radius 2 is 2.00 bits per heavy atom.